The summed E-state index contributed by atoms with van der Waals surface area (Å²) in [5.41, 5.74) is 0.697. The number of aryl methyl sites for hydroxylation is 1. The maximum absolute atomic E-state index is 12.3. The monoisotopic (exact) mass is 350 g/mol. The molecule has 0 aliphatic carbocycles. The van der Waals surface area contributed by atoms with Gasteiger partial charge in [-0.15, -0.1) is 0 Å². The first-order chi connectivity index (χ1) is 11.6. The number of halogens is 1. The van der Waals surface area contributed by atoms with Gasteiger partial charge in [0.25, 0.3) is 0 Å². The molecule has 0 fully saturated rings. The molecule has 0 unspecified atom stereocenters. The Balaban J connectivity index is 1.69. The lowest BCUT2D eigenvalue weighted by atomic mass is 10.1. The quantitative estimate of drug-likeness (QED) is 0.893. The van der Waals surface area contributed by atoms with Crippen molar-refractivity contribution < 1.29 is 14.3 Å². The van der Waals surface area contributed by atoms with Gasteiger partial charge in [0.05, 0.1) is 12.5 Å². The van der Waals surface area contributed by atoms with Gasteiger partial charge in [0.15, 0.2) is 11.5 Å². The molecule has 128 valence electrons. The number of hydrogen-bond acceptors (Lipinski definition) is 5. The molecular weight excluding hydrogens is 332 g/mol. The molecule has 1 aliphatic heterocycles. The number of ether oxygens (including phenoxy) is 2. The molecule has 7 nitrogen and oxygen atoms in total. The highest BCUT2D eigenvalue weighted by Crippen LogP contribution is 2.35. The minimum Gasteiger partial charge on any atom is -0.486 e. The molecule has 0 saturated carbocycles. The van der Waals surface area contributed by atoms with Crippen molar-refractivity contribution in [1.82, 2.24) is 20.1 Å². The molecule has 3 rings (SSSR count). The van der Waals surface area contributed by atoms with E-state index >= 15 is 0 Å². The van der Waals surface area contributed by atoms with Gasteiger partial charge in [-0.1, -0.05) is 11.6 Å². The number of amides is 1. The normalized spacial score (nSPS) is 14.3. The molecule has 1 aliphatic rings. The number of hydrogen-bond donors (Lipinski definition) is 1. The lowest BCUT2D eigenvalue weighted by Crippen LogP contribution is -2.30. The number of benzene rings is 1. The summed E-state index contributed by atoms with van der Waals surface area (Å²) in [4.78, 5) is 16.5. The summed E-state index contributed by atoms with van der Waals surface area (Å²) in [6, 6.07) is 3.21. The van der Waals surface area contributed by atoms with Gasteiger partial charge >= 0.3 is 0 Å². The summed E-state index contributed by atoms with van der Waals surface area (Å²) in [6.07, 6.45) is 1.64. The van der Waals surface area contributed by atoms with E-state index in [9.17, 15) is 4.79 Å². The van der Waals surface area contributed by atoms with Crippen molar-refractivity contribution >= 4 is 17.5 Å². The average molecular weight is 351 g/mol. The van der Waals surface area contributed by atoms with Gasteiger partial charge in [-0.2, -0.15) is 5.10 Å². The first-order valence-corrected chi connectivity index (χ1v) is 8.21. The molecule has 0 radical (unpaired) electrons. The molecule has 8 heteroatoms. The summed E-state index contributed by atoms with van der Waals surface area (Å²) in [5, 5.41) is 7.52. The Bertz CT molecular complexity index is 747. The molecule has 2 aromatic rings. The number of nitrogens with one attached hydrogen (secondary N) is 1. The molecule has 2 heterocycles. The van der Waals surface area contributed by atoms with Gasteiger partial charge in [0.2, 0.25) is 5.91 Å². The first kappa shape index (κ1) is 16.6. The number of fused-ring (bicyclic) bond motifs is 1. The smallest absolute Gasteiger partial charge is 0.225 e. The van der Waals surface area contributed by atoms with E-state index in [0.29, 0.717) is 41.8 Å². The van der Waals surface area contributed by atoms with Crippen LogP contribution in [0.25, 0.3) is 0 Å². The second-order valence-electron chi connectivity index (χ2n) is 5.49. The van der Waals surface area contributed by atoms with Gasteiger partial charge < -0.3 is 14.8 Å². The van der Waals surface area contributed by atoms with Crippen molar-refractivity contribution in [3.63, 3.8) is 0 Å². The Morgan fingerprint density at radius 2 is 2.08 bits per heavy atom. The number of rotatable bonds is 5. The average Bonchev–Trinajstić information content (AvgIpc) is 3.04. The van der Waals surface area contributed by atoms with Gasteiger partial charge in [0, 0.05) is 17.6 Å². The predicted octanol–water partition coefficient (Wildman–Crippen LogP) is 2.14. The lowest BCUT2D eigenvalue weighted by Gasteiger charge is -2.20. The summed E-state index contributed by atoms with van der Waals surface area (Å²) in [5.74, 6) is 1.80. The van der Waals surface area contributed by atoms with Crippen molar-refractivity contribution in [3.8, 4) is 11.5 Å². The largest absolute Gasteiger partial charge is 0.486 e. The van der Waals surface area contributed by atoms with Crippen molar-refractivity contribution in [2.45, 2.75) is 32.9 Å². The fraction of sp³-hybridized carbons (Fsp3) is 0.438. The van der Waals surface area contributed by atoms with E-state index < -0.39 is 0 Å². The topological polar surface area (TPSA) is 78.3 Å². The second-order valence-corrected chi connectivity index (χ2v) is 5.89. The Morgan fingerprint density at radius 3 is 2.79 bits per heavy atom. The summed E-state index contributed by atoms with van der Waals surface area (Å²) in [6.45, 7) is 5.54. The van der Waals surface area contributed by atoms with Gasteiger partial charge in [-0.25, -0.2) is 9.67 Å². The van der Waals surface area contributed by atoms with Crippen LogP contribution >= 0.6 is 11.6 Å². The van der Waals surface area contributed by atoms with Crippen molar-refractivity contribution in [3.05, 3.63) is 34.9 Å². The molecule has 1 amide bonds. The Hall–Kier alpha value is -2.28. The van der Waals surface area contributed by atoms with Crippen LogP contribution < -0.4 is 14.8 Å². The zero-order chi connectivity index (χ0) is 17.1. The SMILES string of the molecule is CCn1ncnc1[C@H](C)NC(=O)Cc1cc2c(cc1Cl)OCCO2. The number of nitrogens with zero attached hydrogens (tertiary/aromatic N) is 3. The second kappa shape index (κ2) is 7.09. The van der Waals surface area contributed by atoms with Crippen molar-refractivity contribution in [1.29, 1.82) is 0 Å². The van der Waals surface area contributed by atoms with Crippen LogP contribution in [0.3, 0.4) is 0 Å². The molecule has 0 bridgehead atoms. The highest BCUT2D eigenvalue weighted by Gasteiger charge is 2.19. The minimum atomic E-state index is -0.240. The zero-order valence-corrected chi connectivity index (χ0v) is 14.3. The van der Waals surface area contributed by atoms with Crippen molar-refractivity contribution in [2.75, 3.05) is 13.2 Å². The predicted molar refractivity (Wildman–Crippen MR) is 88.4 cm³/mol. The number of carbonyl (C=O) groups excluding carboxylic acids is 1. The van der Waals surface area contributed by atoms with Crippen molar-refractivity contribution in [2.24, 2.45) is 0 Å². The van der Waals surface area contributed by atoms with E-state index in [-0.39, 0.29) is 18.4 Å². The summed E-state index contributed by atoms with van der Waals surface area (Å²) >= 11 is 6.25. The minimum absolute atomic E-state index is 0.147. The van der Waals surface area contributed by atoms with Crippen LogP contribution in [-0.2, 0) is 17.8 Å². The Labute approximate surface area is 144 Å². The van der Waals surface area contributed by atoms with E-state index in [1.165, 1.54) is 6.33 Å². The number of carbonyl (C=O) groups is 1. The van der Waals surface area contributed by atoms with Gasteiger partial charge in [-0.05, 0) is 25.5 Å². The maximum atomic E-state index is 12.3. The summed E-state index contributed by atoms with van der Waals surface area (Å²) in [7, 11) is 0. The van der Waals surface area contributed by atoms with E-state index in [4.69, 9.17) is 21.1 Å². The van der Waals surface area contributed by atoms with Crippen LogP contribution in [0.4, 0.5) is 0 Å². The highest BCUT2D eigenvalue weighted by atomic mass is 35.5. The van der Waals surface area contributed by atoms with Crippen LogP contribution in [0.15, 0.2) is 18.5 Å². The van der Waals surface area contributed by atoms with Crippen LogP contribution in [0.1, 0.15) is 31.3 Å². The standard InChI is InChI=1S/C16H19ClN4O3/c1-3-21-16(18-9-19-21)10(2)20-15(22)7-11-6-13-14(8-12(11)17)24-5-4-23-13/h6,8-10H,3-5,7H2,1-2H3,(H,20,22)/t10-/m0/s1. The zero-order valence-electron chi connectivity index (χ0n) is 13.6. The number of aromatic nitrogens is 3. The fourth-order valence-corrected chi connectivity index (χ4v) is 2.84. The molecular formula is C16H19ClN4O3. The Morgan fingerprint density at radius 1 is 1.38 bits per heavy atom. The molecule has 1 aromatic carbocycles. The lowest BCUT2D eigenvalue weighted by molar-refractivity contribution is -0.121. The fourth-order valence-electron chi connectivity index (χ4n) is 2.62. The van der Waals surface area contributed by atoms with Crippen LogP contribution in [0.5, 0.6) is 11.5 Å². The highest BCUT2D eigenvalue weighted by molar-refractivity contribution is 6.31. The Kier molecular flexibility index (Phi) is 4.89. The van der Waals surface area contributed by atoms with Gasteiger partial charge in [0.1, 0.15) is 25.4 Å². The van der Waals surface area contributed by atoms with Crippen LogP contribution in [0, 0.1) is 0 Å². The third-order valence-corrected chi connectivity index (χ3v) is 4.12. The first-order valence-electron chi connectivity index (χ1n) is 7.83. The van der Waals surface area contributed by atoms with E-state index in [0.717, 1.165) is 5.82 Å². The molecule has 0 saturated heterocycles. The molecule has 1 atom stereocenters. The molecule has 0 spiro atoms. The molecule has 1 aromatic heterocycles. The molecule has 1 N–H and O–H groups in total. The van der Waals surface area contributed by atoms with E-state index in [1.54, 1.807) is 16.8 Å². The van der Waals surface area contributed by atoms with Crippen LogP contribution in [-0.4, -0.2) is 33.9 Å². The van der Waals surface area contributed by atoms with Crippen LogP contribution in [0.2, 0.25) is 5.02 Å². The van der Waals surface area contributed by atoms with E-state index in [2.05, 4.69) is 15.4 Å². The third-order valence-electron chi connectivity index (χ3n) is 3.77. The van der Waals surface area contributed by atoms with E-state index in [1.807, 2.05) is 13.8 Å². The van der Waals surface area contributed by atoms with Gasteiger partial charge in [-0.3, -0.25) is 4.79 Å². The summed E-state index contributed by atoms with van der Waals surface area (Å²) < 4.78 is 12.8. The maximum Gasteiger partial charge on any atom is 0.225 e. The third kappa shape index (κ3) is 3.46. The molecule has 24 heavy (non-hydrogen) atoms.